The van der Waals surface area contributed by atoms with Crippen LogP contribution in [0.4, 0.5) is 0 Å². The number of carbonyl (C=O) groups excluding carboxylic acids is 1. The molecule has 3 rings (SSSR count). The lowest BCUT2D eigenvalue weighted by molar-refractivity contribution is -0.129. The van der Waals surface area contributed by atoms with E-state index in [4.69, 9.17) is 9.47 Å². The summed E-state index contributed by atoms with van der Waals surface area (Å²) in [5, 5.41) is 0. The summed E-state index contributed by atoms with van der Waals surface area (Å²) in [5.74, 6) is 0.712. The quantitative estimate of drug-likeness (QED) is 0.348. The number of rotatable bonds is 7. The van der Waals surface area contributed by atoms with Gasteiger partial charge in [0, 0.05) is 10.0 Å². The Labute approximate surface area is 161 Å². The minimum atomic E-state index is -0.442. The van der Waals surface area contributed by atoms with Crippen LogP contribution < -0.4 is 4.74 Å². The van der Waals surface area contributed by atoms with Crippen LogP contribution in [0.2, 0.25) is 0 Å². The molecule has 0 aliphatic carbocycles. The molecule has 134 valence electrons. The predicted octanol–water partition coefficient (Wildman–Crippen LogP) is 5.36. The number of carbonyl (C=O) groups is 1. The van der Waals surface area contributed by atoms with Gasteiger partial charge in [-0.15, -0.1) is 0 Å². The lowest BCUT2D eigenvalue weighted by Gasteiger charge is -2.05. The first-order chi connectivity index (χ1) is 12.7. The number of benzene rings is 2. The van der Waals surface area contributed by atoms with Gasteiger partial charge in [0.1, 0.15) is 5.75 Å². The molecule has 1 aliphatic rings. The maximum absolute atomic E-state index is 12.1. The number of cyclic esters (lactones) is 1. The van der Waals surface area contributed by atoms with Gasteiger partial charge in [-0.3, -0.25) is 0 Å². The average Bonchev–Trinajstić information content (AvgIpc) is 3.01. The highest BCUT2D eigenvalue weighted by Gasteiger charge is 2.23. The standard InChI is InChI=1S/C21H20BrNO3/c1-2-3-4-13-25-18-11-5-15(6-12-18)14-19-21(24)26-20(23-19)16-7-9-17(22)10-8-16/h5-12,14H,2-4,13H2,1H3. The van der Waals surface area contributed by atoms with Crippen molar-refractivity contribution in [3.63, 3.8) is 0 Å². The van der Waals surface area contributed by atoms with E-state index in [0.717, 1.165) is 34.4 Å². The van der Waals surface area contributed by atoms with Crippen LogP contribution in [0.3, 0.4) is 0 Å². The van der Waals surface area contributed by atoms with Crippen LogP contribution in [0.25, 0.3) is 6.08 Å². The Hall–Kier alpha value is -2.40. The topological polar surface area (TPSA) is 47.9 Å². The molecule has 0 saturated carbocycles. The molecule has 0 spiro atoms. The molecule has 0 saturated heterocycles. The van der Waals surface area contributed by atoms with Crippen molar-refractivity contribution in [1.29, 1.82) is 0 Å². The van der Waals surface area contributed by atoms with E-state index in [1.165, 1.54) is 12.8 Å². The normalized spacial score (nSPS) is 15.1. The summed E-state index contributed by atoms with van der Waals surface area (Å²) < 4.78 is 11.9. The van der Waals surface area contributed by atoms with E-state index in [0.29, 0.717) is 11.6 Å². The van der Waals surface area contributed by atoms with Crippen molar-refractivity contribution in [1.82, 2.24) is 0 Å². The molecule has 0 amide bonds. The SMILES string of the molecule is CCCCCOc1ccc(C=C2N=C(c3ccc(Br)cc3)OC2=O)cc1. The van der Waals surface area contributed by atoms with Crippen LogP contribution in [0.1, 0.15) is 37.3 Å². The Morgan fingerprint density at radius 3 is 2.50 bits per heavy atom. The Balaban J connectivity index is 1.68. The minimum Gasteiger partial charge on any atom is -0.494 e. The third kappa shape index (κ3) is 4.82. The lowest BCUT2D eigenvalue weighted by atomic mass is 10.2. The summed E-state index contributed by atoms with van der Waals surface area (Å²) in [7, 11) is 0. The zero-order chi connectivity index (χ0) is 18.4. The van der Waals surface area contributed by atoms with Crippen LogP contribution >= 0.6 is 15.9 Å². The predicted molar refractivity (Wildman–Crippen MR) is 106 cm³/mol. The van der Waals surface area contributed by atoms with E-state index in [9.17, 15) is 4.79 Å². The molecule has 0 unspecified atom stereocenters. The molecule has 4 nitrogen and oxygen atoms in total. The second-order valence-electron chi connectivity index (χ2n) is 5.97. The number of halogens is 1. The molecule has 0 fully saturated rings. The second kappa shape index (κ2) is 8.81. The summed E-state index contributed by atoms with van der Waals surface area (Å²) in [5.41, 5.74) is 1.93. The van der Waals surface area contributed by atoms with Crippen LogP contribution in [0, 0.1) is 0 Å². The van der Waals surface area contributed by atoms with Crippen molar-refractivity contribution >= 4 is 33.9 Å². The van der Waals surface area contributed by atoms with Crippen molar-refractivity contribution < 1.29 is 14.3 Å². The number of aliphatic imine (C=N–C) groups is 1. The Kier molecular flexibility index (Phi) is 6.23. The van der Waals surface area contributed by atoms with Crippen molar-refractivity contribution in [3.05, 3.63) is 69.8 Å². The number of unbranched alkanes of at least 4 members (excludes halogenated alkanes) is 2. The molecule has 0 aromatic heterocycles. The largest absolute Gasteiger partial charge is 0.494 e. The Morgan fingerprint density at radius 1 is 1.08 bits per heavy atom. The monoisotopic (exact) mass is 413 g/mol. The zero-order valence-electron chi connectivity index (χ0n) is 14.6. The van der Waals surface area contributed by atoms with Gasteiger partial charge < -0.3 is 9.47 Å². The van der Waals surface area contributed by atoms with Gasteiger partial charge in [0.25, 0.3) is 0 Å². The van der Waals surface area contributed by atoms with Gasteiger partial charge in [-0.2, -0.15) is 0 Å². The average molecular weight is 414 g/mol. The van der Waals surface area contributed by atoms with Gasteiger partial charge in [0.2, 0.25) is 5.90 Å². The van der Waals surface area contributed by atoms with Gasteiger partial charge in [0.05, 0.1) is 6.61 Å². The highest BCUT2D eigenvalue weighted by atomic mass is 79.9. The van der Waals surface area contributed by atoms with E-state index in [1.54, 1.807) is 6.08 Å². The first kappa shape index (κ1) is 18.4. The van der Waals surface area contributed by atoms with Crippen LogP contribution in [-0.2, 0) is 9.53 Å². The zero-order valence-corrected chi connectivity index (χ0v) is 16.2. The maximum atomic E-state index is 12.1. The first-order valence-corrected chi connectivity index (χ1v) is 9.46. The number of esters is 1. The van der Waals surface area contributed by atoms with E-state index in [1.807, 2.05) is 48.5 Å². The summed E-state index contributed by atoms with van der Waals surface area (Å²) >= 11 is 3.38. The van der Waals surface area contributed by atoms with Gasteiger partial charge in [-0.05, 0) is 54.5 Å². The van der Waals surface area contributed by atoms with Crippen molar-refractivity contribution in [2.75, 3.05) is 6.61 Å². The van der Waals surface area contributed by atoms with Gasteiger partial charge >= 0.3 is 5.97 Å². The molecule has 1 heterocycles. The molecule has 0 radical (unpaired) electrons. The fourth-order valence-corrected chi connectivity index (χ4v) is 2.75. The third-order valence-electron chi connectivity index (χ3n) is 3.91. The highest BCUT2D eigenvalue weighted by Crippen LogP contribution is 2.21. The Bertz CT molecular complexity index is 823. The van der Waals surface area contributed by atoms with Crippen LogP contribution in [0.15, 0.2) is 63.7 Å². The Morgan fingerprint density at radius 2 is 1.81 bits per heavy atom. The lowest BCUT2D eigenvalue weighted by Crippen LogP contribution is -2.05. The molecule has 0 bridgehead atoms. The van der Waals surface area contributed by atoms with E-state index < -0.39 is 5.97 Å². The van der Waals surface area contributed by atoms with Gasteiger partial charge in [0.15, 0.2) is 5.70 Å². The molecule has 1 aliphatic heterocycles. The molecule has 5 heteroatoms. The molecule has 0 atom stereocenters. The second-order valence-corrected chi connectivity index (χ2v) is 6.88. The maximum Gasteiger partial charge on any atom is 0.363 e. The van der Waals surface area contributed by atoms with Crippen molar-refractivity contribution in [2.45, 2.75) is 26.2 Å². The smallest absolute Gasteiger partial charge is 0.363 e. The fraction of sp³-hybridized carbons (Fsp3) is 0.238. The van der Waals surface area contributed by atoms with Crippen molar-refractivity contribution in [3.8, 4) is 5.75 Å². The number of hydrogen-bond donors (Lipinski definition) is 0. The molecule has 2 aromatic rings. The number of ether oxygens (including phenoxy) is 2. The fourth-order valence-electron chi connectivity index (χ4n) is 2.49. The highest BCUT2D eigenvalue weighted by molar-refractivity contribution is 9.10. The summed E-state index contributed by atoms with van der Waals surface area (Å²) in [6.45, 7) is 2.89. The molecular weight excluding hydrogens is 394 g/mol. The summed E-state index contributed by atoms with van der Waals surface area (Å²) in [6, 6.07) is 15.1. The third-order valence-corrected chi connectivity index (χ3v) is 4.44. The number of hydrogen-bond acceptors (Lipinski definition) is 4. The molecular formula is C21H20BrNO3. The van der Waals surface area contributed by atoms with E-state index >= 15 is 0 Å². The molecule has 0 N–H and O–H groups in total. The van der Waals surface area contributed by atoms with E-state index in [2.05, 4.69) is 27.8 Å². The van der Waals surface area contributed by atoms with E-state index in [-0.39, 0.29) is 0 Å². The number of nitrogens with zero attached hydrogens (tertiary/aromatic N) is 1. The first-order valence-electron chi connectivity index (χ1n) is 8.67. The van der Waals surface area contributed by atoms with Gasteiger partial charge in [-0.1, -0.05) is 47.8 Å². The van der Waals surface area contributed by atoms with Crippen molar-refractivity contribution in [2.24, 2.45) is 4.99 Å². The molecule has 2 aromatic carbocycles. The molecule has 26 heavy (non-hydrogen) atoms. The minimum absolute atomic E-state index is 0.291. The summed E-state index contributed by atoms with van der Waals surface area (Å²) in [6.07, 6.45) is 5.12. The summed E-state index contributed by atoms with van der Waals surface area (Å²) in [4.78, 5) is 16.4. The van der Waals surface area contributed by atoms with Crippen LogP contribution in [0.5, 0.6) is 5.75 Å². The van der Waals surface area contributed by atoms with Gasteiger partial charge in [-0.25, -0.2) is 9.79 Å². The van der Waals surface area contributed by atoms with Crippen LogP contribution in [-0.4, -0.2) is 18.5 Å².